The summed E-state index contributed by atoms with van der Waals surface area (Å²) in [5, 5.41) is 18.0. The molecule has 2 aromatic carbocycles. The van der Waals surface area contributed by atoms with E-state index < -0.39 is 28.3 Å². The third kappa shape index (κ3) is 10.9. The smallest absolute Gasteiger partial charge is 0.322 e. The highest BCUT2D eigenvalue weighted by Gasteiger charge is 2.43. The maximum Gasteiger partial charge on any atom is 0.322 e. The molecule has 1 amide bonds. The molecule has 0 aliphatic carbocycles. The number of nitrogens with zero attached hydrogens (tertiary/aromatic N) is 1. The monoisotopic (exact) mass is 616 g/mol. The van der Waals surface area contributed by atoms with Crippen LogP contribution in [0.1, 0.15) is 75.8 Å². The molecule has 2 aromatic rings. The summed E-state index contributed by atoms with van der Waals surface area (Å²) in [5.41, 5.74) is 2.47. The molecule has 0 aromatic heterocycles. The molecule has 3 rings (SSSR count). The Morgan fingerprint density at radius 2 is 1.60 bits per heavy atom. The first-order chi connectivity index (χ1) is 20.5. The van der Waals surface area contributed by atoms with Crippen LogP contribution in [0.5, 0.6) is 5.75 Å². The van der Waals surface area contributed by atoms with Crippen molar-refractivity contribution in [1.82, 2.24) is 5.32 Å². The zero-order chi connectivity index (χ0) is 32.6. The van der Waals surface area contributed by atoms with Gasteiger partial charge in [-0.25, -0.2) is 8.42 Å². The number of aliphatic carboxylic acids is 1. The molecule has 1 atom stereocenters. The number of carboxylic acids is 1. The summed E-state index contributed by atoms with van der Waals surface area (Å²) < 4.78 is 33.3. The molecule has 0 fully saturated rings. The van der Waals surface area contributed by atoms with Gasteiger partial charge >= 0.3 is 5.97 Å². The zero-order valence-corrected chi connectivity index (χ0v) is 27.0. The number of terminal acetylenes is 1. The van der Waals surface area contributed by atoms with Crippen molar-refractivity contribution >= 4 is 27.4 Å². The number of hydrogen-bond acceptors (Lipinski definition) is 7. The largest absolute Gasteiger partial charge is 0.484 e. The van der Waals surface area contributed by atoms with E-state index >= 15 is 0 Å². The van der Waals surface area contributed by atoms with Gasteiger partial charge in [0.15, 0.2) is 16.4 Å². The Morgan fingerprint density at radius 1 is 1.02 bits per heavy atom. The third-order valence-corrected chi connectivity index (χ3v) is 9.60. The molecule has 9 nitrogen and oxygen atoms in total. The summed E-state index contributed by atoms with van der Waals surface area (Å²) in [6.07, 6.45) is 14.5. The number of hydrogen-bond donors (Lipinski definition) is 3. The van der Waals surface area contributed by atoms with Gasteiger partial charge in [-0.05, 0) is 66.1 Å². The second-order valence-electron chi connectivity index (χ2n) is 10.9. The summed E-state index contributed by atoms with van der Waals surface area (Å²) in [6, 6.07) is 13.1. The van der Waals surface area contributed by atoms with Crippen LogP contribution in [0.4, 0.5) is 5.69 Å². The standard InChI is InChI=1S/C30H42N2O6S.C2H2.CH4O/c1-5-7-15-30(16-8-6-2)18-26(25-17-23(32(3)4)11-14-27(25)39(36,37)21-30)22-9-12-24(13-10-22)38-20-28(33)31-19-29(34)35;2*1-2/h9-14,17,26H,5-8,15-16,18-21H2,1-4H3,(H,31,33)(H,34,35);1-2H;2H,1H3/t26-;;/m1../s1. The van der Waals surface area contributed by atoms with Crippen LogP contribution in [0.3, 0.4) is 0 Å². The molecule has 1 aliphatic heterocycles. The number of aliphatic hydroxyl groups is 1. The number of carbonyl (C=O) groups excluding carboxylic acids is 1. The molecule has 0 unspecified atom stereocenters. The number of unbranched alkanes of at least 4 members (excludes halogenated alkanes) is 2. The van der Waals surface area contributed by atoms with Crippen LogP contribution >= 0.6 is 0 Å². The van der Waals surface area contributed by atoms with E-state index in [9.17, 15) is 18.0 Å². The molecule has 1 aliphatic rings. The lowest BCUT2D eigenvalue weighted by atomic mass is 9.70. The second kappa shape index (κ2) is 18.2. The van der Waals surface area contributed by atoms with Crippen molar-refractivity contribution in [3.8, 4) is 18.6 Å². The molecule has 0 saturated carbocycles. The number of aliphatic hydroxyl groups excluding tert-OH is 1. The normalized spacial score (nSPS) is 16.0. The average molecular weight is 617 g/mol. The van der Waals surface area contributed by atoms with Crippen molar-refractivity contribution in [3.05, 3.63) is 53.6 Å². The molecule has 0 radical (unpaired) electrons. The molecule has 1 heterocycles. The predicted octanol–water partition coefficient (Wildman–Crippen LogP) is 4.87. The van der Waals surface area contributed by atoms with Crippen LogP contribution in [0, 0.1) is 18.3 Å². The molecular formula is C33H48N2O7S. The van der Waals surface area contributed by atoms with Gasteiger partial charge in [-0.2, -0.15) is 0 Å². The summed E-state index contributed by atoms with van der Waals surface area (Å²) in [4.78, 5) is 24.9. The van der Waals surface area contributed by atoms with E-state index in [1.165, 1.54) is 0 Å². The number of nitrogens with one attached hydrogen (secondary N) is 1. The molecule has 238 valence electrons. The van der Waals surface area contributed by atoms with E-state index in [0.29, 0.717) is 10.6 Å². The fourth-order valence-corrected chi connectivity index (χ4v) is 7.70. The number of benzene rings is 2. The van der Waals surface area contributed by atoms with Gasteiger partial charge < -0.3 is 25.2 Å². The molecule has 10 heteroatoms. The van der Waals surface area contributed by atoms with E-state index in [2.05, 4.69) is 32.0 Å². The van der Waals surface area contributed by atoms with Crippen molar-refractivity contribution in [1.29, 1.82) is 0 Å². The van der Waals surface area contributed by atoms with Gasteiger partial charge in [0.2, 0.25) is 0 Å². The molecule has 0 saturated heterocycles. The summed E-state index contributed by atoms with van der Waals surface area (Å²) in [5.74, 6) is -1.10. The van der Waals surface area contributed by atoms with E-state index in [4.69, 9.17) is 14.9 Å². The Bertz CT molecular complexity index is 1280. The number of carboxylic acid groups (broad SMARTS) is 1. The SMILES string of the molecule is C#C.CCCCC1(CCCC)C[C@H](c2ccc(OCC(=O)NCC(=O)O)cc2)c2cc(N(C)C)ccc2S(=O)(=O)C1.CO. The first-order valence-corrected chi connectivity index (χ1v) is 16.2. The Labute approximate surface area is 257 Å². The predicted molar refractivity (Wildman–Crippen MR) is 171 cm³/mol. The van der Waals surface area contributed by atoms with Gasteiger partial charge in [-0.15, -0.1) is 12.8 Å². The third-order valence-electron chi connectivity index (χ3n) is 7.56. The summed E-state index contributed by atoms with van der Waals surface area (Å²) in [7, 11) is 1.41. The van der Waals surface area contributed by atoms with Crippen molar-refractivity contribution in [2.45, 2.75) is 69.6 Å². The lowest BCUT2D eigenvalue weighted by Crippen LogP contribution is -2.33. The Hall–Kier alpha value is -3.55. The van der Waals surface area contributed by atoms with Crippen molar-refractivity contribution in [2.75, 3.05) is 45.0 Å². The van der Waals surface area contributed by atoms with Gasteiger partial charge in [0.25, 0.3) is 5.91 Å². The maximum absolute atomic E-state index is 13.9. The summed E-state index contributed by atoms with van der Waals surface area (Å²) >= 11 is 0. The molecule has 43 heavy (non-hydrogen) atoms. The second-order valence-corrected chi connectivity index (χ2v) is 12.8. The fourth-order valence-electron chi connectivity index (χ4n) is 5.50. The van der Waals surface area contributed by atoms with E-state index in [0.717, 1.165) is 68.9 Å². The lowest BCUT2D eigenvalue weighted by Gasteiger charge is -2.35. The number of sulfone groups is 1. The van der Waals surface area contributed by atoms with Gasteiger partial charge in [-0.3, -0.25) is 9.59 Å². The fraction of sp³-hybridized carbons (Fsp3) is 0.515. The van der Waals surface area contributed by atoms with Crippen LogP contribution in [0.2, 0.25) is 0 Å². The first-order valence-electron chi connectivity index (χ1n) is 14.5. The van der Waals surface area contributed by atoms with Crippen LogP contribution in [0.15, 0.2) is 47.4 Å². The summed E-state index contributed by atoms with van der Waals surface area (Å²) in [6.45, 7) is 3.54. The van der Waals surface area contributed by atoms with Crippen molar-refractivity contribution < 1.29 is 33.0 Å². The number of ether oxygens (including phenoxy) is 1. The minimum Gasteiger partial charge on any atom is -0.484 e. The quantitative estimate of drug-likeness (QED) is 0.272. The molecule has 0 bridgehead atoms. The van der Waals surface area contributed by atoms with Gasteiger partial charge in [-0.1, -0.05) is 51.7 Å². The highest BCUT2D eigenvalue weighted by molar-refractivity contribution is 7.91. The minimum absolute atomic E-state index is 0.112. The van der Waals surface area contributed by atoms with Gasteiger partial charge in [0, 0.05) is 32.8 Å². The first kappa shape index (κ1) is 37.5. The highest BCUT2D eigenvalue weighted by atomic mass is 32.2. The van der Waals surface area contributed by atoms with E-state index in [1.807, 2.05) is 43.3 Å². The molecule has 0 spiro atoms. The van der Waals surface area contributed by atoms with Crippen LogP contribution in [-0.2, 0) is 19.4 Å². The number of anilines is 1. The molecular weight excluding hydrogens is 568 g/mol. The average Bonchev–Trinajstić information content (AvgIpc) is 3.10. The number of fused-ring (bicyclic) bond motifs is 1. The van der Waals surface area contributed by atoms with E-state index in [-0.39, 0.29) is 23.7 Å². The number of rotatable bonds is 13. The molecule has 3 N–H and O–H groups in total. The lowest BCUT2D eigenvalue weighted by molar-refractivity contribution is -0.138. The van der Waals surface area contributed by atoms with Crippen LogP contribution < -0.4 is 15.0 Å². The van der Waals surface area contributed by atoms with Crippen LogP contribution in [-0.4, -0.2) is 70.6 Å². The van der Waals surface area contributed by atoms with Gasteiger partial charge in [0.1, 0.15) is 12.3 Å². The Balaban J connectivity index is 0.00000221. The van der Waals surface area contributed by atoms with Crippen molar-refractivity contribution in [2.24, 2.45) is 5.41 Å². The van der Waals surface area contributed by atoms with Crippen LogP contribution in [0.25, 0.3) is 0 Å². The minimum atomic E-state index is -3.50. The highest BCUT2D eigenvalue weighted by Crippen LogP contribution is 2.50. The number of amides is 1. The maximum atomic E-state index is 13.9. The van der Waals surface area contributed by atoms with Crippen molar-refractivity contribution in [3.63, 3.8) is 0 Å². The Kier molecular flexibility index (Phi) is 15.9. The van der Waals surface area contributed by atoms with E-state index in [1.54, 1.807) is 18.2 Å². The number of carbonyl (C=O) groups is 2. The topological polar surface area (TPSA) is 133 Å². The Morgan fingerprint density at radius 3 is 2.12 bits per heavy atom. The zero-order valence-electron chi connectivity index (χ0n) is 26.1. The van der Waals surface area contributed by atoms with Gasteiger partial charge in [0.05, 0.1) is 10.6 Å².